The molecule has 0 spiro atoms. The van der Waals surface area contributed by atoms with Gasteiger partial charge in [0.1, 0.15) is 0 Å². The lowest BCUT2D eigenvalue weighted by Crippen LogP contribution is -2.26. The van der Waals surface area contributed by atoms with Gasteiger partial charge in [0.2, 0.25) is 5.91 Å². The molecule has 20 heavy (non-hydrogen) atoms. The fourth-order valence-electron chi connectivity index (χ4n) is 2.90. The average molecular weight is 274 g/mol. The van der Waals surface area contributed by atoms with Gasteiger partial charge in [-0.25, -0.2) is 0 Å². The van der Waals surface area contributed by atoms with Gasteiger partial charge in [0.05, 0.1) is 6.10 Å². The fraction of sp³-hybridized carbons (Fsp3) is 0.562. The molecule has 2 saturated heterocycles. The molecule has 1 unspecified atom stereocenters. The lowest BCUT2D eigenvalue weighted by atomic mass is 10.2. The van der Waals surface area contributed by atoms with E-state index in [1.165, 1.54) is 18.4 Å². The van der Waals surface area contributed by atoms with Crippen molar-refractivity contribution in [3.05, 3.63) is 29.8 Å². The molecule has 0 radical (unpaired) electrons. The molecule has 0 aliphatic carbocycles. The number of anilines is 1. The van der Waals surface area contributed by atoms with E-state index < -0.39 is 0 Å². The van der Waals surface area contributed by atoms with Crippen molar-refractivity contribution in [2.75, 3.05) is 24.6 Å². The van der Waals surface area contributed by atoms with Crippen LogP contribution in [0.2, 0.25) is 0 Å². The van der Waals surface area contributed by atoms with Crippen molar-refractivity contribution in [2.45, 2.75) is 38.3 Å². The highest BCUT2D eigenvalue weighted by Crippen LogP contribution is 2.21. The standard InChI is InChI=1S/C16H22N2O2/c19-16-4-1-9-18(16)14-7-5-13(6-8-14)11-17-12-15-3-2-10-20-15/h5-8,15,17H,1-4,9-12H2. The highest BCUT2D eigenvalue weighted by Gasteiger charge is 2.21. The average Bonchev–Trinajstić information content (AvgIpc) is 3.11. The number of rotatable bonds is 5. The summed E-state index contributed by atoms with van der Waals surface area (Å²) in [5.41, 5.74) is 2.27. The smallest absolute Gasteiger partial charge is 0.227 e. The maximum absolute atomic E-state index is 11.7. The van der Waals surface area contributed by atoms with Crippen LogP contribution in [0.5, 0.6) is 0 Å². The Bertz CT molecular complexity index is 452. The SMILES string of the molecule is O=C1CCCN1c1ccc(CNCC2CCCO2)cc1. The number of ether oxygens (including phenoxy) is 1. The van der Waals surface area contributed by atoms with E-state index in [0.717, 1.165) is 38.3 Å². The van der Waals surface area contributed by atoms with Gasteiger partial charge in [0, 0.05) is 38.3 Å². The van der Waals surface area contributed by atoms with Crippen LogP contribution in [0.25, 0.3) is 0 Å². The highest BCUT2D eigenvalue weighted by atomic mass is 16.5. The minimum absolute atomic E-state index is 0.245. The topological polar surface area (TPSA) is 41.6 Å². The Balaban J connectivity index is 1.49. The van der Waals surface area contributed by atoms with Crippen LogP contribution in [-0.2, 0) is 16.1 Å². The summed E-state index contributed by atoms with van der Waals surface area (Å²) in [6, 6.07) is 8.30. The van der Waals surface area contributed by atoms with Crippen molar-refractivity contribution in [3.8, 4) is 0 Å². The Kier molecular flexibility index (Phi) is 4.33. The maximum Gasteiger partial charge on any atom is 0.227 e. The molecular weight excluding hydrogens is 252 g/mol. The molecular formula is C16H22N2O2. The number of hydrogen-bond donors (Lipinski definition) is 1. The molecule has 3 rings (SSSR count). The second kappa shape index (κ2) is 6.37. The highest BCUT2D eigenvalue weighted by molar-refractivity contribution is 5.95. The number of benzene rings is 1. The summed E-state index contributed by atoms with van der Waals surface area (Å²) < 4.78 is 5.58. The Morgan fingerprint density at radius 2 is 2.10 bits per heavy atom. The van der Waals surface area contributed by atoms with Gasteiger partial charge in [-0.05, 0) is 37.0 Å². The van der Waals surface area contributed by atoms with Gasteiger partial charge in [-0.1, -0.05) is 12.1 Å². The zero-order chi connectivity index (χ0) is 13.8. The number of carbonyl (C=O) groups excluding carboxylic acids is 1. The Hall–Kier alpha value is -1.39. The maximum atomic E-state index is 11.7. The van der Waals surface area contributed by atoms with E-state index in [4.69, 9.17) is 4.74 Å². The van der Waals surface area contributed by atoms with Crippen molar-refractivity contribution in [1.29, 1.82) is 0 Å². The molecule has 108 valence electrons. The molecule has 2 aliphatic heterocycles. The van der Waals surface area contributed by atoms with Crippen molar-refractivity contribution in [1.82, 2.24) is 5.32 Å². The van der Waals surface area contributed by atoms with Gasteiger partial charge in [0.15, 0.2) is 0 Å². The number of amides is 1. The minimum Gasteiger partial charge on any atom is -0.377 e. The van der Waals surface area contributed by atoms with Crippen LogP contribution in [0.4, 0.5) is 5.69 Å². The van der Waals surface area contributed by atoms with Gasteiger partial charge >= 0.3 is 0 Å². The predicted octanol–water partition coefficient (Wildman–Crippen LogP) is 2.08. The van der Waals surface area contributed by atoms with Crippen LogP contribution >= 0.6 is 0 Å². The summed E-state index contributed by atoms with van der Waals surface area (Å²) in [5, 5.41) is 3.44. The van der Waals surface area contributed by atoms with Crippen molar-refractivity contribution in [2.24, 2.45) is 0 Å². The van der Waals surface area contributed by atoms with Crippen LogP contribution in [0, 0.1) is 0 Å². The van der Waals surface area contributed by atoms with Gasteiger partial charge in [-0.2, -0.15) is 0 Å². The number of nitrogens with zero attached hydrogens (tertiary/aromatic N) is 1. The zero-order valence-corrected chi connectivity index (χ0v) is 11.8. The van der Waals surface area contributed by atoms with E-state index >= 15 is 0 Å². The molecule has 2 fully saturated rings. The summed E-state index contributed by atoms with van der Waals surface area (Å²) in [6.07, 6.45) is 4.40. The predicted molar refractivity (Wildman–Crippen MR) is 78.7 cm³/mol. The van der Waals surface area contributed by atoms with Gasteiger partial charge in [-0.3, -0.25) is 4.79 Å². The molecule has 4 heteroatoms. The van der Waals surface area contributed by atoms with Crippen LogP contribution in [-0.4, -0.2) is 31.7 Å². The second-order valence-electron chi connectivity index (χ2n) is 5.58. The first kappa shape index (κ1) is 13.6. The summed E-state index contributed by atoms with van der Waals surface area (Å²) in [6.45, 7) is 3.54. The van der Waals surface area contributed by atoms with Gasteiger partial charge in [0.25, 0.3) is 0 Å². The molecule has 1 atom stereocenters. The Labute approximate surface area is 120 Å². The van der Waals surface area contributed by atoms with Crippen LogP contribution in [0.1, 0.15) is 31.2 Å². The second-order valence-corrected chi connectivity index (χ2v) is 5.58. The third kappa shape index (κ3) is 3.19. The third-order valence-corrected chi connectivity index (χ3v) is 4.05. The van der Waals surface area contributed by atoms with Gasteiger partial charge in [-0.15, -0.1) is 0 Å². The molecule has 0 saturated carbocycles. The molecule has 2 aliphatic rings. The molecule has 1 aromatic carbocycles. The lowest BCUT2D eigenvalue weighted by molar-refractivity contribution is -0.117. The van der Waals surface area contributed by atoms with E-state index in [2.05, 4.69) is 17.4 Å². The normalized spacial score (nSPS) is 22.7. The van der Waals surface area contributed by atoms with E-state index in [1.54, 1.807) is 0 Å². The van der Waals surface area contributed by atoms with Crippen molar-refractivity contribution < 1.29 is 9.53 Å². The summed E-state index contributed by atoms with van der Waals surface area (Å²) in [5.74, 6) is 0.245. The van der Waals surface area contributed by atoms with Crippen LogP contribution in [0.15, 0.2) is 24.3 Å². The molecule has 2 heterocycles. The summed E-state index contributed by atoms with van der Waals surface area (Å²) in [7, 11) is 0. The number of hydrogen-bond acceptors (Lipinski definition) is 3. The monoisotopic (exact) mass is 274 g/mol. The first-order valence-corrected chi connectivity index (χ1v) is 7.54. The first-order chi connectivity index (χ1) is 9.83. The lowest BCUT2D eigenvalue weighted by Gasteiger charge is -2.16. The van der Waals surface area contributed by atoms with E-state index in [-0.39, 0.29) is 5.91 Å². The van der Waals surface area contributed by atoms with E-state index in [0.29, 0.717) is 12.5 Å². The fourth-order valence-corrected chi connectivity index (χ4v) is 2.90. The molecule has 1 aromatic rings. The van der Waals surface area contributed by atoms with E-state index in [1.807, 2.05) is 17.0 Å². The van der Waals surface area contributed by atoms with Crippen molar-refractivity contribution >= 4 is 11.6 Å². The first-order valence-electron chi connectivity index (χ1n) is 7.54. The third-order valence-electron chi connectivity index (χ3n) is 4.05. The van der Waals surface area contributed by atoms with Gasteiger partial charge < -0.3 is 15.0 Å². The van der Waals surface area contributed by atoms with Crippen LogP contribution in [0.3, 0.4) is 0 Å². The minimum atomic E-state index is 0.245. The zero-order valence-electron chi connectivity index (χ0n) is 11.8. The molecule has 1 N–H and O–H groups in total. The summed E-state index contributed by atoms with van der Waals surface area (Å²) in [4.78, 5) is 13.6. The molecule has 0 bridgehead atoms. The molecule has 0 aromatic heterocycles. The molecule has 1 amide bonds. The quantitative estimate of drug-likeness (QED) is 0.894. The number of nitrogens with one attached hydrogen (secondary N) is 1. The summed E-state index contributed by atoms with van der Waals surface area (Å²) >= 11 is 0. The Morgan fingerprint density at radius 1 is 1.25 bits per heavy atom. The van der Waals surface area contributed by atoms with Crippen LogP contribution < -0.4 is 10.2 Å². The largest absolute Gasteiger partial charge is 0.377 e. The van der Waals surface area contributed by atoms with Crippen molar-refractivity contribution in [3.63, 3.8) is 0 Å². The molecule has 4 nitrogen and oxygen atoms in total. The number of carbonyl (C=O) groups is 1. The Morgan fingerprint density at radius 3 is 2.75 bits per heavy atom. The van der Waals surface area contributed by atoms with E-state index in [9.17, 15) is 4.79 Å².